The van der Waals surface area contributed by atoms with Crippen LogP contribution < -0.4 is 5.32 Å². The summed E-state index contributed by atoms with van der Waals surface area (Å²) in [6, 6.07) is 0. The first kappa shape index (κ1) is 17.9. The molecule has 0 aliphatic heterocycles. The summed E-state index contributed by atoms with van der Waals surface area (Å²) in [4.78, 5) is 21.6. The number of rotatable bonds is 13. The molecule has 0 unspecified atom stereocenters. The minimum Gasteiger partial charge on any atom is -0.481 e. The second kappa shape index (κ2) is 13.4. The van der Waals surface area contributed by atoms with Gasteiger partial charge in [-0.05, 0) is 12.8 Å². The van der Waals surface area contributed by atoms with Crippen molar-refractivity contribution < 1.29 is 14.7 Å². The quantitative estimate of drug-likeness (QED) is 0.504. The second-order valence-electron chi connectivity index (χ2n) is 5.07. The van der Waals surface area contributed by atoms with Gasteiger partial charge in [-0.3, -0.25) is 9.59 Å². The summed E-state index contributed by atoms with van der Waals surface area (Å²) in [5.74, 6) is -0.861. The van der Waals surface area contributed by atoms with Crippen LogP contribution in [0.25, 0.3) is 0 Å². The maximum absolute atomic E-state index is 11.3. The van der Waals surface area contributed by atoms with Crippen molar-refractivity contribution in [3.05, 3.63) is 0 Å². The Bertz CT molecular complexity index is 242. The van der Waals surface area contributed by atoms with E-state index >= 15 is 0 Å². The Morgan fingerprint density at radius 3 is 2.00 bits per heavy atom. The smallest absolute Gasteiger partial charge is 0.303 e. The van der Waals surface area contributed by atoms with Crippen LogP contribution >= 0.6 is 0 Å². The normalized spacial score (nSPS) is 10.4. The molecule has 0 aliphatic carbocycles. The SMILES string of the molecule is CCCCCCCCCCNC(=O)CCCC(=O)O. The Kier molecular flexibility index (Phi) is 12.6. The predicted octanol–water partition coefficient (Wildman–Crippen LogP) is 3.50. The highest BCUT2D eigenvalue weighted by molar-refractivity contribution is 5.76. The average Bonchev–Trinajstić information content (AvgIpc) is 2.36. The van der Waals surface area contributed by atoms with Crippen LogP contribution in [0, 0.1) is 0 Å². The molecule has 1 amide bonds. The Morgan fingerprint density at radius 1 is 0.842 bits per heavy atom. The zero-order valence-corrected chi connectivity index (χ0v) is 12.2. The molecular formula is C15H29NO3. The maximum atomic E-state index is 11.3. The highest BCUT2D eigenvalue weighted by Crippen LogP contribution is 2.07. The Balaban J connectivity index is 3.16. The van der Waals surface area contributed by atoms with E-state index in [1.807, 2.05) is 0 Å². The fourth-order valence-corrected chi connectivity index (χ4v) is 1.98. The van der Waals surface area contributed by atoms with E-state index in [4.69, 9.17) is 5.11 Å². The van der Waals surface area contributed by atoms with Crippen LogP contribution in [0.3, 0.4) is 0 Å². The molecule has 112 valence electrons. The van der Waals surface area contributed by atoms with Crippen molar-refractivity contribution in [3.63, 3.8) is 0 Å². The number of amides is 1. The number of carboxylic acids is 1. The van der Waals surface area contributed by atoms with Gasteiger partial charge in [0.2, 0.25) is 5.91 Å². The van der Waals surface area contributed by atoms with E-state index in [1.165, 1.54) is 44.9 Å². The van der Waals surface area contributed by atoms with Crippen molar-refractivity contribution >= 4 is 11.9 Å². The van der Waals surface area contributed by atoms with Crippen molar-refractivity contribution in [1.29, 1.82) is 0 Å². The molecule has 0 spiro atoms. The van der Waals surface area contributed by atoms with E-state index < -0.39 is 5.97 Å². The van der Waals surface area contributed by atoms with Gasteiger partial charge in [0.05, 0.1) is 0 Å². The molecule has 0 aliphatic rings. The largest absolute Gasteiger partial charge is 0.481 e. The second-order valence-corrected chi connectivity index (χ2v) is 5.07. The summed E-state index contributed by atoms with van der Waals surface area (Å²) >= 11 is 0. The van der Waals surface area contributed by atoms with Crippen LogP contribution in [0.5, 0.6) is 0 Å². The summed E-state index contributed by atoms with van der Waals surface area (Å²) in [6.45, 7) is 2.94. The van der Waals surface area contributed by atoms with E-state index in [2.05, 4.69) is 12.2 Å². The van der Waals surface area contributed by atoms with Gasteiger partial charge in [0, 0.05) is 19.4 Å². The molecule has 0 radical (unpaired) electrons. The molecular weight excluding hydrogens is 242 g/mol. The van der Waals surface area contributed by atoms with Crippen LogP contribution in [0.2, 0.25) is 0 Å². The number of unbranched alkanes of at least 4 members (excludes halogenated alkanes) is 7. The molecule has 0 atom stereocenters. The molecule has 2 N–H and O–H groups in total. The minimum absolute atomic E-state index is 0.0239. The van der Waals surface area contributed by atoms with Crippen molar-refractivity contribution in [3.8, 4) is 0 Å². The van der Waals surface area contributed by atoms with Gasteiger partial charge in [-0.2, -0.15) is 0 Å². The lowest BCUT2D eigenvalue weighted by atomic mass is 10.1. The molecule has 0 aromatic carbocycles. The van der Waals surface area contributed by atoms with Crippen LogP contribution in [0.1, 0.15) is 77.6 Å². The first-order valence-electron chi connectivity index (χ1n) is 7.65. The van der Waals surface area contributed by atoms with E-state index in [-0.39, 0.29) is 12.3 Å². The molecule has 0 aromatic rings. The van der Waals surface area contributed by atoms with E-state index in [0.29, 0.717) is 12.8 Å². The summed E-state index contributed by atoms with van der Waals surface area (Å²) in [7, 11) is 0. The number of carboxylic acid groups (broad SMARTS) is 1. The fraction of sp³-hybridized carbons (Fsp3) is 0.867. The van der Waals surface area contributed by atoms with Gasteiger partial charge in [0.1, 0.15) is 0 Å². The van der Waals surface area contributed by atoms with Crippen molar-refractivity contribution in [1.82, 2.24) is 5.32 Å². The monoisotopic (exact) mass is 271 g/mol. The van der Waals surface area contributed by atoms with Gasteiger partial charge in [-0.25, -0.2) is 0 Å². The minimum atomic E-state index is -0.837. The summed E-state index contributed by atoms with van der Waals surface area (Å²) < 4.78 is 0. The topological polar surface area (TPSA) is 66.4 Å². The highest BCUT2D eigenvalue weighted by atomic mass is 16.4. The zero-order valence-electron chi connectivity index (χ0n) is 12.2. The molecule has 4 heteroatoms. The van der Waals surface area contributed by atoms with Crippen LogP contribution in [-0.4, -0.2) is 23.5 Å². The molecule has 4 nitrogen and oxygen atoms in total. The van der Waals surface area contributed by atoms with Gasteiger partial charge in [-0.15, -0.1) is 0 Å². The molecule has 0 heterocycles. The summed E-state index contributed by atoms with van der Waals surface area (Å²) in [5.41, 5.74) is 0. The van der Waals surface area contributed by atoms with E-state index in [1.54, 1.807) is 0 Å². The molecule has 0 fully saturated rings. The lowest BCUT2D eigenvalue weighted by Crippen LogP contribution is -2.24. The number of carbonyl (C=O) groups is 2. The first-order chi connectivity index (χ1) is 9.16. The number of aliphatic carboxylic acids is 1. The van der Waals surface area contributed by atoms with Crippen LogP contribution in [-0.2, 0) is 9.59 Å². The van der Waals surface area contributed by atoms with Crippen molar-refractivity contribution in [2.75, 3.05) is 6.54 Å². The number of carbonyl (C=O) groups excluding carboxylic acids is 1. The lowest BCUT2D eigenvalue weighted by molar-refractivity contribution is -0.137. The molecule has 0 bridgehead atoms. The van der Waals surface area contributed by atoms with Crippen LogP contribution in [0.15, 0.2) is 0 Å². The fourth-order valence-electron chi connectivity index (χ4n) is 1.98. The van der Waals surface area contributed by atoms with E-state index in [9.17, 15) is 9.59 Å². The molecule has 0 saturated heterocycles. The zero-order chi connectivity index (χ0) is 14.3. The Hall–Kier alpha value is -1.06. The van der Waals surface area contributed by atoms with Crippen molar-refractivity contribution in [2.24, 2.45) is 0 Å². The predicted molar refractivity (Wildman–Crippen MR) is 77.1 cm³/mol. The maximum Gasteiger partial charge on any atom is 0.303 e. The third-order valence-corrected chi connectivity index (χ3v) is 3.15. The third-order valence-electron chi connectivity index (χ3n) is 3.15. The molecule has 0 saturated carbocycles. The van der Waals surface area contributed by atoms with Crippen LogP contribution in [0.4, 0.5) is 0 Å². The number of hydrogen-bond acceptors (Lipinski definition) is 2. The van der Waals surface area contributed by atoms with Gasteiger partial charge in [0.15, 0.2) is 0 Å². The average molecular weight is 271 g/mol. The standard InChI is InChI=1S/C15H29NO3/c1-2-3-4-5-6-7-8-9-13-16-14(17)11-10-12-15(18)19/h2-13H2,1H3,(H,16,17)(H,18,19). The van der Waals surface area contributed by atoms with Gasteiger partial charge >= 0.3 is 5.97 Å². The van der Waals surface area contributed by atoms with Gasteiger partial charge in [0.25, 0.3) is 0 Å². The summed E-state index contributed by atoms with van der Waals surface area (Å²) in [6.07, 6.45) is 10.9. The lowest BCUT2D eigenvalue weighted by Gasteiger charge is -2.04. The third kappa shape index (κ3) is 14.9. The van der Waals surface area contributed by atoms with E-state index in [0.717, 1.165) is 13.0 Å². The highest BCUT2D eigenvalue weighted by Gasteiger charge is 2.02. The summed E-state index contributed by atoms with van der Waals surface area (Å²) in [5, 5.41) is 11.3. The van der Waals surface area contributed by atoms with Crippen molar-refractivity contribution in [2.45, 2.75) is 77.6 Å². The first-order valence-corrected chi connectivity index (χ1v) is 7.65. The number of hydrogen-bond donors (Lipinski definition) is 2. The molecule has 0 aromatic heterocycles. The molecule has 0 rings (SSSR count). The van der Waals surface area contributed by atoms with Gasteiger partial charge in [-0.1, -0.05) is 51.9 Å². The van der Waals surface area contributed by atoms with Gasteiger partial charge < -0.3 is 10.4 Å². The Labute approximate surface area is 117 Å². The molecule has 19 heavy (non-hydrogen) atoms. The Morgan fingerprint density at radius 2 is 1.42 bits per heavy atom. The number of nitrogens with one attached hydrogen (secondary N) is 1.